The molecule has 0 aromatic heterocycles. The average Bonchev–Trinajstić information content (AvgIpc) is 2.56. The Labute approximate surface area is 146 Å². The Kier molecular flexibility index (Phi) is 10.7. The van der Waals surface area contributed by atoms with Crippen LogP contribution in [0.3, 0.4) is 0 Å². The fourth-order valence-corrected chi connectivity index (χ4v) is 2.18. The SMILES string of the molecule is CCNC(=NCCCc1ccc(O)cc1)NCCCOCC(C)C. The van der Waals surface area contributed by atoms with Gasteiger partial charge >= 0.3 is 0 Å². The molecule has 0 saturated heterocycles. The molecule has 0 amide bonds. The quantitative estimate of drug-likeness (QED) is 0.330. The average molecular weight is 335 g/mol. The number of ether oxygens (including phenoxy) is 1. The zero-order valence-electron chi connectivity index (χ0n) is 15.3. The van der Waals surface area contributed by atoms with Gasteiger partial charge in [0.2, 0.25) is 0 Å². The number of guanidine groups is 1. The van der Waals surface area contributed by atoms with Crippen LogP contribution >= 0.6 is 0 Å². The van der Waals surface area contributed by atoms with Crippen LogP contribution in [0.15, 0.2) is 29.3 Å². The molecule has 1 aromatic rings. The largest absolute Gasteiger partial charge is 0.508 e. The van der Waals surface area contributed by atoms with Gasteiger partial charge in [0.05, 0.1) is 0 Å². The van der Waals surface area contributed by atoms with Crippen LogP contribution in [0.4, 0.5) is 0 Å². The summed E-state index contributed by atoms with van der Waals surface area (Å²) in [7, 11) is 0. The van der Waals surface area contributed by atoms with Crippen molar-refractivity contribution in [1.82, 2.24) is 10.6 Å². The third-order valence-electron chi connectivity index (χ3n) is 3.38. The second kappa shape index (κ2) is 12.6. The molecule has 3 N–H and O–H groups in total. The van der Waals surface area contributed by atoms with Gasteiger partial charge in [-0.3, -0.25) is 4.99 Å². The minimum absolute atomic E-state index is 0.313. The molecule has 0 unspecified atom stereocenters. The smallest absolute Gasteiger partial charge is 0.191 e. The number of rotatable bonds is 11. The van der Waals surface area contributed by atoms with Gasteiger partial charge in [-0.2, -0.15) is 0 Å². The summed E-state index contributed by atoms with van der Waals surface area (Å²) in [4.78, 5) is 4.60. The summed E-state index contributed by atoms with van der Waals surface area (Å²) in [5.74, 6) is 1.77. The van der Waals surface area contributed by atoms with E-state index in [0.29, 0.717) is 11.7 Å². The van der Waals surface area contributed by atoms with E-state index in [9.17, 15) is 5.11 Å². The van der Waals surface area contributed by atoms with Crippen molar-refractivity contribution in [2.75, 3.05) is 32.8 Å². The van der Waals surface area contributed by atoms with Gasteiger partial charge in [-0.25, -0.2) is 0 Å². The minimum Gasteiger partial charge on any atom is -0.508 e. The van der Waals surface area contributed by atoms with Crippen molar-refractivity contribution < 1.29 is 9.84 Å². The van der Waals surface area contributed by atoms with Crippen LogP contribution in [0.1, 0.15) is 39.2 Å². The van der Waals surface area contributed by atoms with Crippen LogP contribution in [-0.4, -0.2) is 43.9 Å². The Balaban J connectivity index is 2.20. The van der Waals surface area contributed by atoms with Gasteiger partial charge < -0.3 is 20.5 Å². The van der Waals surface area contributed by atoms with Gasteiger partial charge in [-0.05, 0) is 49.8 Å². The number of hydrogen-bond donors (Lipinski definition) is 3. The van der Waals surface area contributed by atoms with Crippen LogP contribution in [0.5, 0.6) is 5.75 Å². The standard InChI is InChI=1S/C19H33N3O2/c1-4-20-19(22-13-6-14-24-15-16(2)3)21-12-5-7-17-8-10-18(23)11-9-17/h8-11,16,23H,4-7,12-15H2,1-3H3,(H2,20,21,22). The Hall–Kier alpha value is -1.75. The number of aliphatic imine (C=N–C) groups is 1. The lowest BCUT2D eigenvalue weighted by Crippen LogP contribution is -2.38. The monoisotopic (exact) mass is 335 g/mol. The van der Waals surface area contributed by atoms with Crippen molar-refractivity contribution in [3.05, 3.63) is 29.8 Å². The van der Waals surface area contributed by atoms with E-state index < -0.39 is 0 Å². The molecule has 0 aliphatic carbocycles. The van der Waals surface area contributed by atoms with Crippen molar-refractivity contribution in [1.29, 1.82) is 0 Å². The highest BCUT2D eigenvalue weighted by atomic mass is 16.5. The van der Waals surface area contributed by atoms with Crippen molar-refractivity contribution >= 4 is 5.96 Å². The van der Waals surface area contributed by atoms with Gasteiger partial charge in [0.15, 0.2) is 5.96 Å². The van der Waals surface area contributed by atoms with E-state index >= 15 is 0 Å². The number of benzene rings is 1. The maximum absolute atomic E-state index is 9.28. The predicted octanol–water partition coefficient (Wildman–Crippen LogP) is 2.94. The fourth-order valence-electron chi connectivity index (χ4n) is 2.18. The molecule has 0 saturated carbocycles. The summed E-state index contributed by atoms with van der Waals surface area (Å²) < 4.78 is 5.57. The molecule has 5 nitrogen and oxygen atoms in total. The highest BCUT2D eigenvalue weighted by Crippen LogP contribution is 2.10. The van der Waals surface area contributed by atoms with E-state index in [1.54, 1.807) is 12.1 Å². The van der Waals surface area contributed by atoms with Gasteiger partial charge in [-0.1, -0.05) is 26.0 Å². The van der Waals surface area contributed by atoms with E-state index in [1.807, 2.05) is 12.1 Å². The van der Waals surface area contributed by atoms with Crippen molar-refractivity contribution in [3.8, 4) is 5.75 Å². The molecule has 0 heterocycles. The first-order valence-corrected chi connectivity index (χ1v) is 8.99. The molecule has 24 heavy (non-hydrogen) atoms. The van der Waals surface area contributed by atoms with E-state index in [1.165, 1.54) is 5.56 Å². The lowest BCUT2D eigenvalue weighted by atomic mass is 10.1. The second-order valence-electron chi connectivity index (χ2n) is 6.28. The Morgan fingerprint density at radius 3 is 2.58 bits per heavy atom. The summed E-state index contributed by atoms with van der Waals surface area (Å²) in [6.07, 6.45) is 2.93. The van der Waals surface area contributed by atoms with Crippen LogP contribution in [0, 0.1) is 5.92 Å². The van der Waals surface area contributed by atoms with Crippen molar-refractivity contribution in [3.63, 3.8) is 0 Å². The Morgan fingerprint density at radius 1 is 1.17 bits per heavy atom. The number of aromatic hydroxyl groups is 1. The predicted molar refractivity (Wildman–Crippen MR) is 101 cm³/mol. The third-order valence-corrected chi connectivity index (χ3v) is 3.38. The molecule has 0 fully saturated rings. The molecule has 0 spiro atoms. The molecule has 0 bridgehead atoms. The molecule has 1 rings (SSSR count). The van der Waals surface area contributed by atoms with E-state index in [0.717, 1.165) is 58.1 Å². The zero-order valence-corrected chi connectivity index (χ0v) is 15.3. The summed E-state index contributed by atoms with van der Waals surface area (Å²) in [5.41, 5.74) is 1.23. The molecule has 136 valence electrons. The molecular formula is C19H33N3O2. The number of hydrogen-bond acceptors (Lipinski definition) is 3. The fraction of sp³-hybridized carbons (Fsp3) is 0.632. The Morgan fingerprint density at radius 2 is 1.92 bits per heavy atom. The molecule has 1 aromatic carbocycles. The normalized spacial score (nSPS) is 11.8. The number of nitrogens with zero attached hydrogens (tertiary/aromatic N) is 1. The minimum atomic E-state index is 0.313. The molecule has 5 heteroatoms. The highest BCUT2D eigenvalue weighted by Gasteiger charge is 1.98. The molecule has 0 radical (unpaired) electrons. The molecular weight excluding hydrogens is 302 g/mol. The maximum atomic E-state index is 9.28. The summed E-state index contributed by atoms with van der Waals surface area (Å²) >= 11 is 0. The number of aryl methyl sites for hydroxylation is 1. The summed E-state index contributed by atoms with van der Waals surface area (Å²) in [6.45, 7) is 10.5. The first-order valence-electron chi connectivity index (χ1n) is 8.99. The lowest BCUT2D eigenvalue weighted by molar-refractivity contribution is 0.108. The summed E-state index contributed by atoms with van der Waals surface area (Å²) in [6, 6.07) is 7.37. The number of phenolic OH excluding ortho intramolecular Hbond substituents is 1. The van der Waals surface area contributed by atoms with E-state index in [4.69, 9.17) is 4.74 Å². The van der Waals surface area contributed by atoms with E-state index in [2.05, 4.69) is 36.4 Å². The maximum Gasteiger partial charge on any atom is 0.191 e. The van der Waals surface area contributed by atoms with Gasteiger partial charge in [0.25, 0.3) is 0 Å². The van der Waals surface area contributed by atoms with Crippen molar-refractivity contribution in [2.45, 2.75) is 40.0 Å². The van der Waals surface area contributed by atoms with Gasteiger partial charge in [0.1, 0.15) is 5.75 Å². The van der Waals surface area contributed by atoms with Gasteiger partial charge in [0, 0.05) is 32.8 Å². The second-order valence-corrected chi connectivity index (χ2v) is 6.28. The van der Waals surface area contributed by atoms with Crippen LogP contribution < -0.4 is 10.6 Å². The van der Waals surface area contributed by atoms with Crippen LogP contribution in [0.2, 0.25) is 0 Å². The molecule has 0 atom stereocenters. The molecule has 0 aliphatic rings. The third kappa shape index (κ3) is 10.1. The van der Waals surface area contributed by atoms with Crippen LogP contribution in [-0.2, 0) is 11.2 Å². The molecule has 0 aliphatic heterocycles. The van der Waals surface area contributed by atoms with Crippen LogP contribution in [0.25, 0.3) is 0 Å². The van der Waals surface area contributed by atoms with E-state index in [-0.39, 0.29) is 0 Å². The zero-order chi connectivity index (χ0) is 17.6. The first-order chi connectivity index (χ1) is 11.6. The highest BCUT2D eigenvalue weighted by molar-refractivity contribution is 5.79. The first kappa shape index (κ1) is 20.3. The summed E-state index contributed by atoms with van der Waals surface area (Å²) in [5, 5.41) is 15.9. The van der Waals surface area contributed by atoms with Crippen molar-refractivity contribution in [2.24, 2.45) is 10.9 Å². The Bertz CT molecular complexity index is 458. The lowest BCUT2D eigenvalue weighted by Gasteiger charge is -2.12. The number of phenols is 1. The topological polar surface area (TPSA) is 65.9 Å². The number of nitrogens with one attached hydrogen (secondary N) is 2. The van der Waals surface area contributed by atoms with Gasteiger partial charge in [-0.15, -0.1) is 0 Å².